The van der Waals surface area contributed by atoms with Crippen LogP contribution in [0.25, 0.3) is 0 Å². The van der Waals surface area contributed by atoms with Crippen LogP contribution in [0.4, 0.5) is 0 Å². The van der Waals surface area contributed by atoms with Crippen LogP contribution in [0.1, 0.15) is 12.0 Å². The number of likely N-dealkylation sites (N-methyl/N-ethyl adjacent to an activating group) is 2. The highest BCUT2D eigenvalue weighted by atomic mass is 32.2. The molecule has 2 saturated heterocycles. The predicted molar refractivity (Wildman–Crippen MR) is 87.5 cm³/mol. The molecule has 2 heterocycles. The van der Waals surface area contributed by atoms with Crippen molar-refractivity contribution in [2.75, 3.05) is 27.2 Å². The van der Waals surface area contributed by atoms with E-state index in [9.17, 15) is 13.2 Å². The van der Waals surface area contributed by atoms with Crippen molar-refractivity contribution < 1.29 is 13.2 Å². The zero-order valence-electron chi connectivity index (χ0n) is 13.7. The summed E-state index contributed by atoms with van der Waals surface area (Å²) >= 11 is 0. The molecule has 1 aromatic rings. The topological polar surface area (TPSA) is 69.7 Å². The molecule has 0 spiro atoms. The van der Waals surface area contributed by atoms with E-state index in [0.717, 1.165) is 5.56 Å². The number of carbonyl (C=O) groups excluding carboxylic acids is 1. The lowest BCUT2D eigenvalue weighted by molar-refractivity contribution is -0.125. The van der Waals surface area contributed by atoms with Crippen LogP contribution in [-0.4, -0.2) is 62.8 Å². The second kappa shape index (κ2) is 5.89. The van der Waals surface area contributed by atoms with E-state index in [2.05, 4.69) is 5.32 Å². The SMILES string of the molecule is CNC(=O)[C@H]1C[C@@H]2CN(S(=O)(=O)c3cccc(C)c3)C[C@@H]2N1C. The van der Waals surface area contributed by atoms with Gasteiger partial charge in [0, 0.05) is 26.2 Å². The summed E-state index contributed by atoms with van der Waals surface area (Å²) in [6.45, 7) is 2.82. The molecule has 0 unspecified atom stereocenters. The number of carbonyl (C=O) groups is 1. The minimum Gasteiger partial charge on any atom is -0.358 e. The number of nitrogens with zero attached hydrogens (tertiary/aromatic N) is 2. The number of hydrogen-bond acceptors (Lipinski definition) is 4. The summed E-state index contributed by atoms with van der Waals surface area (Å²) in [6.07, 6.45) is 0.709. The Bertz CT molecular complexity index is 719. The Morgan fingerprint density at radius 2 is 2.04 bits per heavy atom. The van der Waals surface area contributed by atoms with E-state index in [0.29, 0.717) is 24.4 Å². The Hall–Kier alpha value is -1.44. The highest BCUT2D eigenvalue weighted by molar-refractivity contribution is 7.89. The predicted octanol–water partition coefficient (Wildman–Crippen LogP) is 0.434. The molecule has 2 aliphatic rings. The third-order valence-corrected chi connectivity index (χ3v) is 6.92. The van der Waals surface area contributed by atoms with Crippen LogP contribution in [0, 0.1) is 12.8 Å². The Kier molecular flexibility index (Phi) is 4.20. The van der Waals surface area contributed by atoms with Crippen molar-refractivity contribution in [1.82, 2.24) is 14.5 Å². The summed E-state index contributed by atoms with van der Waals surface area (Å²) in [5, 5.41) is 2.69. The molecule has 23 heavy (non-hydrogen) atoms. The largest absolute Gasteiger partial charge is 0.358 e. The van der Waals surface area contributed by atoms with Crippen molar-refractivity contribution >= 4 is 15.9 Å². The van der Waals surface area contributed by atoms with Gasteiger partial charge in [-0.1, -0.05) is 12.1 Å². The molecule has 0 bridgehead atoms. The average molecular weight is 337 g/mol. The van der Waals surface area contributed by atoms with Crippen LogP contribution in [0.5, 0.6) is 0 Å². The van der Waals surface area contributed by atoms with Crippen LogP contribution < -0.4 is 5.32 Å². The molecule has 3 rings (SSSR count). The van der Waals surface area contributed by atoms with Gasteiger partial charge in [-0.2, -0.15) is 4.31 Å². The summed E-state index contributed by atoms with van der Waals surface area (Å²) in [5.74, 6) is 0.219. The molecule has 0 aliphatic carbocycles. The van der Waals surface area contributed by atoms with Gasteiger partial charge in [-0.3, -0.25) is 9.69 Å². The molecule has 1 aromatic carbocycles. The van der Waals surface area contributed by atoms with Gasteiger partial charge in [-0.05, 0) is 44.0 Å². The molecule has 0 radical (unpaired) electrons. The maximum atomic E-state index is 12.8. The summed E-state index contributed by atoms with van der Waals surface area (Å²) in [6, 6.07) is 6.97. The highest BCUT2D eigenvalue weighted by Crippen LogP contribution is 2.36. The fourth-order valence-electron chi connectivity index (χ4n) is 3.77. The number of amides is 1. The smallest absolute Gasteiger partial charge is 0.243 e. The molecule has 1 N–H and O–H groups in total. The van der Waals surface area contributed by atoms with Gasteiger partial charge in [0.15, 0.2) is 0 Å². The molecule has 7 heteroatoms. The number of benzene rings is 1. The lowest BCUT2D eigenvalue weighted by atomic mass is 10.0. The molecular formula is C16H23N3O3S. The maximum Gasteiger partial charge on any atom is 0.243 e. The van der Waals surface area contributed by atoms with Gasteiger partial charge in [0.05, 0.1) is 10.9 Å². The van der Waals surface area contributed by atoms with Crippen molar-refractivity contribution in [3.63, 3.8) is 0 Å². The van der Waals surface area contributed by atoms with E-state index in [1.165, 1.54) is 0 Å². The van der Waals surface area contributed by atoms with E-state index < -0.39 is 10.0 Å². The van der Waals surface area contributed by atoms with Crippen LogP contribution in [0.15, 0.2) is 29.2 Å². The number of sulfonamides is 1. The monoisotopic (exact) mass is 337 g/mol. The van der Waals surface area contributed by atoms with E-state index in [1.807, 2.05) is 24.9 Å². The second-order valence-corrected chi connectivity index (χ2v) is 8.44. The van der Waals surface area contributed by atoms with E-state index in [4.69, 9.17) is 0 Å². The number of aryl methyl sites for hydroxylation is 1. The Labute approximate surface area is 137 Å². The fourth-order valence-corrected chi connectivity index (χ4v) is 5.39. The number of hydrogen-bond donors (Lipinski definition) is 1. The normalized spacial score (nSPS) is 28.7. The van der Waals surface area contributed by atoms with Crippen molar-refractivity contribution in [2.45, 2.75) is 30.3 Å². The summed E-state index contributed by atoms with van der Waals surface area (Å²) in [4.78, 5) is 14.3. The third-order valence-electron chi connectivity index (χ3n) is 5.09. The van der Waals surface area contributed by atoms with Crippen molar-refractivity contribution in [2.24, 2.45) is 5.92 Å². The fraction of sp³-hybridized carbons (Fsp3) is 0.562. The molecule has 1 amide bonds. The highest BCUT2D eigenvalue weighted by Gasteiger charge is 2.49. The van der Waals surface area contributed by atoms with Gasteiger partial charge < -0.3 is 5.32 Å². The molecule has 6 nitrogen and oxygen atoms in total. The molecule has 2 fully saturated rings. The molecule has 126 valence electrons. The van der Waals surface area contributed by atoms with Gasteiger partial charge in [0.2, 0.25) is 15.9 Å². The van der Waals surface area contributed by atoms with Crippen LogP contribution >= 0.6 is 0 Å². The Morgan fingerprint density at radius 1 is 1.30 bits per heavy atom. The first-order valence-corrected chi connectivity index (χ1v) is 9.29. The molecule has 0 aromatic heterocycles. The van der Waals surface area contributed by atoms with Gasteiger partial charge in [0.1, 0.15) is 0 Å². The second-order valence-electron chi connectivity index (χ2n) is 6.50. The van der Waals surface area contributed by atoms with Crippen LogP contribution in [-0.2, 0) is 14.8 Å². The minimum atomic E-state index is -3.46. The zero-order chi connectivity index (χ0) is 16.8. The van der Waals surface area contributed by atoms with Crippen molar-refractivity contribution in [1.29, 1.82) is 0 Å². The zero-order valence-corrected chi connectivity index (χ0v) is 14.5. The quantitative estimate of drug-likeness (QED) is 0.869. The average Bonchev–Trinajstić information content (AvgIpc) is 3.07. The standard InChI is InChI=1S/C16H23N3O3S/c1-11-5-4-6-13(7-11)23(21,22)19-9-12-8-14(16(20)17-2)18(3)15(12)10-19/h4-7,12,14-15H,8-10H2,1-3H3,(H,17,20)/t12-,14-,15+/m1/s1. The van der Waals surface area contributed by atoms with E-state index >= 15 is 0 Å². The first kappa shape index (κ1) is 16.4. The number of fused-ring (bicyclic) bond motifs is 1. The first-order chi connectivity index (χ1) is 10.8. The molecule has 0 saturated carbocycles. The minimum absolute atomic E-state index is 0.00925. The molecular weight excluding hydrogens is 314 g/mol. The van der Waals surface area contributed by atoms with Crippen molar-refractivity contribution in [3.05, 3.63) is 29.8 Å². The van der Waals surface area contributed by atoms with Gasteiger partial charge in [-0.15, -0.1) is 0 Å². The maximum absolute atomic E-state index is 12.8. The molecule has 3 atom stereocenters. The van der Waals surface area contributed by atoms with Gasteiger partial charge in [-0.25, -0.2) is 8.42 Å². The van der Waals surface area contributed by atoms with Crippen LogP contribution in [0.3, 0.4) is 0 Å². The number of rotatable bonds is 3. The van der Waals surface area contributed by atoms with Gasteiger partial charge >= 0.3 is 0 Å². The lowest BCUT2D eigenvalue weighted by Crippen LogP contribution is -2.45. The van der Waals surface area contributed by atoms with Crippen molar-refractivity contribution in [3.8, 4) is 0 Å². The first-order valence-electron chi connectivity index (χ1n) is 7.85. The van der Waals surface area contributed by atoms with Gasteiger partial charge in [0.25, 0.3) is 0 Å². The third kappa shape index (κ3) is 2.77. The number of nitrogens with one attached hydrogen (secondary N) is 1. The van der Waals surface area contributed by atoms with E-state index in [1.54, 1.807) is 29.6 Å². The lowest BCUT2D eigenvalue weighted by Gasteiger charge is -2.25. The Balaban J connectivity index is 1.78. The van der Waals surface area contributed by atoms with Crippen LogP contribution in [0.2, 0.25) is 0 Å². The Morgan fingerprint density at radius 3 is 2.65 bits per heavy atom. The summed E-state index contributed by atoms with van der Waals surface area (Å²) < 4.78 is 27.2. The van der Waals surface area contributed by atoms with E-state index in [-0.39, 0.29) is 23.9 Å². The molecule has 2 aliphatic heterocycles. The number of likely N-dealkylation sites (tertiary alicyclic amines) is 1. The summed E-state index contributed by atoms with van der Waals surface area (Å²) in [5.41, 5.74) is 0.933. The summed E-state index contributed by atoms with van der Waals surface area (Å²) in [7, 11) is 0.0839.